The lowest BCUT2D eigenvalue weighted by Crippen LogP contribution is -2.49. The number of anilines is 1. The molecule has 1 fully saturated rings. The Hall–Kier alpha value is -2.22. The predicted molar refractivity (Wildman–Crippen MR) is 127 cm³/mol. The number of benzene rings is 2. The molecule has 1 aliphatic rings. The summed E-state index contributed by atoms with van der Waals surface area (Å²) >= 11 is 13.8. The van der Waals surface area contributed by atoms with Crippen LogP contribution in [-0.2, 0) is 11.3 Å². The number of amides is 1. The van der Waals surface area contributed by atoms with Crippen molar-refractivity contribution >= 4 is 46.6 Å². The number of carbonyl (C=O) groups is 1. The molecule has 0 radical (unpaired) electrons. The smallest absolute Gasteiger partial charge is 0.233 e. The van der Waals surface area contributed by atoms with Gasteiger partial charge < -0.3 is 14.4 Å². The number of para-hydroxylation sites is 1. The van der Waals surface area contributed by atoms with E-state index < -0.39 is 0 Å². The largest absolute Gasteiger partial charge is 0.368 e. The van der Waals surface area contributed by atoms with Gasteiger partial charge in [0.25, 0.3) is 0 Å². The van der Waals surface area contributed by atoms with Crippen molar-refractivity contribution in [1.29, 1.82) is 0 Å². The molecule has 3 aromatic rings. The summed E-state index contributed by atoms with van der Waals surface area (Å²) in [5.41, 5.74) is 1.98. The van der Waals surface area contributed by atoms with Gasteiger partial charge in [0.15, 0.2) is 11.0 Å². The van der Waals surface area contributed by atoms with E-state index in [9.17, 15) is 4.79 Å². The minimum absolute atomic E-state index is 0.120. The van der Waals surface area contributed by atoms with Crippen LogP contribution in [0.2, 0.25) is 10.0 Å². The first-order chi connectivity index (χ1) is 15.1. The summed E-state index contributed by atoms with van der Waals surface area (Å²) in [6.07, 6.45) is 0. The molecule has 162 valence electrons. The van der Waals surface area contributed by atoms with E-state index in [2.05, 4.69) is 27.2 Å². The second kappa shape index (κ2) is 9.94. The van der Waals surface area contributed by atoms with Crippen LogP contribution in [0.25, 0.3) is 11.4 Å². The maximum atomic E-state index is 12.8. The molecule has 2 aromatic carbocycles. The van der Waals surface area contributed by atoms with E-state index in [4.69, 9.17) is 23.2 Å². The van der Waals surface area contributed by atoms with Crippen LogP contribution in [0.3, 0.4) is 0 Å². The zero-order valence-corrected chi connectivity index (χ0v) is 19.5. The van der Waals surface area contributed by atoms with E-state index in [1.165, 1.54) is 17.4 Å². The summed E-state index contributed by atoms with van der Waals surface area (Å²) in [5, 5.41) is 10.4. The molecule has 1 amide bonds. The minimum atomic E-state index is 0.120. The molecule has 1 saturated heterocycles. The molecular weight excluding hydrogens is 453 g/mol. The highest BCUT2D eigenvalue weighted by Gasteiger charge is 2.23. The average Bonchev–Trinajstić information content (AvgIpc) is 3.20. The van der Waals surface area contributed by atoms with E-state index in [0.717, 1.165) is 31.7 Å². The third-order valence-corrected chi connectivity index (χ3v) is 6.78. The van der Waals surface area contributed by atoms with Crippen molar-refractivity contribution in [2.24, 2.45) is 0 Å². The molecule has 9 heteroatoms. The fourth-order valence-corrected chi connectivity index (χ4v) is 5.02. The molecule has 4 rings (SSSR count). The van der Waals surface area contributed by atoms with Crippen LogP contribution < -0.4 is 4.90 Å². The normalized spacial score (nSPS) is 14.2. The zero-order valence-electron chi connectivity index (χ0n) is 17.2. The summed E-state index contributed by atoms with van der Waals surface area (Å²) in [6.45, 7) is 5.81. The summed E-state index contributed by atoms with van der Waals surface area (Å²) in [5.74, 6) is 1.13. The Bertz CT molecular complexity index is 1050. The molecule has 0 N–H and O–H groups in total. The number of nitrogens with zero attached hydrogens (tertiary/aromatic N) is 5. The van der Waals surface area contributed by atoms with Crippen molar-refractivity contribution in [3.8, 4) is 11.4 Å². The van der Waals surface area contributed by atoms with Gasteiger partial charge in [0.05, 0.1) is 10.8 Å². The first-order valence-electron chi connectivity index (χ1n) is 10.2. The number of aromatic nitrogens is 3. The van der Waals surface area contributed by atoms with Gasteiger partial charge in [0.2, 0.25) is 5.91 Å². The number of hydrogen-bond acceptors (Lipinski definition) is 5. The van der Waals surface area contributed by atoms with Gasteiger partial charge in [0.1, 0.15) is 0 Å². The Morgan fingerprint density at radius 1 is 1.03 bits per heavy atom. The van der Waals surface area contributed by atoms with Gasteiger partial charge in [-0.05, 0) is 37.3 Å². The van der Waals surface area contributed by atoms with Gasteiger partial charge in [-0.15, -0.1) is 10.2 Å². The third-order valence-electron chi connectivity index (χ3n) is 5.28. The van der Waals surface area contributed by atoms with Gasteiger partial charge in [-0.2, -0.15) is 0 Å². The molecule has 0 bridgehead atoms. The monoisotopic (exact) mass is 475 g/mol. The van der Waals surface area contributed by atoms with Gasteiger partial charge >= 0.3 is 0 Å². The summed E-state index contributed by atoms with van der Waals surface area (Å²) < 4.78 is 1.97. The molecule has 0 atom stereocenters. The summed E-state index contributed by atoms with van der Waals surface area (Å²) in [6, 6.07) is 15.6. The van der Waals surface area contributed by atoms with Gasteiger partial charge in [-0.25, -0.2) is 0 Å². The Kier molecular flexibility index (Phi) is 7.05. The molecular formula is C22H23Cl2N5OS. The lowest BCUT2D eigenvalue weighted by Gasteiger charge is -2.36. The van der Waals surface area contributed by atoms with E-state index >= 15 is 0 Å². The lowest BCUT2D eigenvalue weighted by molar-refractivity contribution is -0.128. The Labute approximate surface area is 196 Å². The molecule has 6 nitrogen and oxygen atoms in total. The second-order valence-corrected chi connectivity index (χ2v) is 8.95. The Morgan fingerprint density at radius 2 is 1.77 bits per heavy atom. The highest BCUT2D eigenvalue weighted by Crippen LogP contribution is 2.31. The first-order valence-corrected chi connectivity index (χ1v) is 11.9. The van der Waals surface area contributed by atoms with Crippen LogP contribution in [0, 0.1) is 0 Å². The number of rotatable bonds is 6. The molecule has 0 saturated carbocycles. The maximum absolute atomic E-state index is 12.8. The summed E-state index contributed by atoms with van der Waals surface area (Å²) in [4.78, 5) is 17.0. The second-order valence-electron chi connectivity index (χ2n) is 7.17. The van der Waals surface area contributed by atoms with E-state index in [1.54, 1.807) is 12.1 Å². The topological polar surface area (TPSA) is 54.3 Å². The first kappa shape index (κ1) is 22.0. The van der Waals surface area contributed by atoms with Crippen LogP contribution >= 0.6 is 35.0 Å². The molecule has 0 aliphatic carbocycles. The van der Waals surface area contributed by atoms with E-state index in [0.29, 0.717) is 33.3 Å². The number of halogens is 2. The maximum Gasteiger partial charge on any atom is 0.233 e. The van der Waals surface area contributed by atoms with Crippen LogP contribution in [0.1, 0.15) is 6.92 Å². The van der Waals surface area contributed by atoms with Crippen molar-refractivity contribution in [1.82, 2.24) is 19.7 Å². The van der Waals surface area contributed by atoms with Crippen LogP contribution in [-0.4, -0.2) is 57.5 Å². The van der Waals surface area contributed by atoms with E-state index in [1.807, 2.05) is 40.7 Å². The van der Waals surface area contributed by atoms with Crippen molar-refractivity contribution in [2.45, 2.75) is 18.6 Å². The predicted octanol–water partition coefficient (Wildman–Crippen LogP) is 4.71. The zero-order chi connectivity index (χ0) is 21.8. The van der Waals surface area contributed by atoms with Crippen LogP contribution in [0.5, 0.6) is 0 Å². The quantitative estimate of drug-likeness (QED) is 0.483. The highest BCUT2D eigenvalue weighted by molar-refractivity contribution is 7.99. The standard InChI is InChI=1S/C22H23Cl2N5OS/c1-2-29-21(18-9-8-16(23)14-19(18)24)25-26-22(29)31-15-20(30)28-12-10-27(11-13-28)17-6-4-3-5-7-17/h3-9,14H,2,10-13,15H2,1H3. The molecule has 2 heterocycles. The van der Waals surface area contributed by atoms with Crippen molar-refractivity contribution < 1.29 is 4.79 Å². The fraction of sp³-hybridized carbons (Fsp3) is 0.318. The van der Waals surface area contributed by atoms with Gasteiger partial charge in [-0.1, -0.05) is 53.2 Å². The highest BCUT2D eigenvalue weighted by atomic mass is 35.5. The third kappa shape index (κ3) is 5.00. The molecule has 0 unspecified atom stereocenters. The fourth-order valence-electron chi connectivity index (χ4n) is 3.62. The minimum Gasteiger partial charge on any atom is -0.368 e. The SMILES string of the molecule is CCn1c(SCC(=O)N2CCN(c3ccccc3)CC2)nnc1-c1ccc(Cl)cc1Cl. The number of thioether (sulfide) groups is 1. The Morgan fingerprint density at radius 3 is 2.45 bits per heavy atom. The lowest BCUT2D eigenvalue weighted by atomic mass is 10.2. The number of piperazine rings is 1. The van der Waals surface area contributed by atoms with Crippen LogP contribution in [0.4, 0.5) is 5.69 Å². The molecule has 1 aliphatic heterocycles. The average molecular weight is 476 g/mol. The van der Waals surface area contributed by atoms with Gasteiger partial charge in [0, 0.05) is 49.0 Å². The van der Waals surface area contributed by atoms with Crippen LogP contribution in [0.15, 0.2) is 53.7 Å². The molecule has 0 spiro atoms. The van der Waals surface area contributed by atoms with E-state index in [-0.39, 0.29) is 5.91 Å². The molecule has 1 aromatic heterocycles. The molecule has 31 heavy (non-hydrogen) atoms. The number of hydrogen-bond donors (Lipinski definition) is 0. The Balaban J connectivity index is 1.37. The van der Waals surface area contributed by atoms with Crippen molar-refractivity contribution in [2.75, 3.05) is 36.8 Å². The van der Waals surface area contributed by atoms with Gasteiger partial charge in [-0.3, -0.25) is 4.79 Å². The van der Waals surface area contributed by atoms with Crippen molar-refractivity contribution in [3.05, 3.63) is 58.6 Å². The summed E-state index contributed by atoms with van der Waals surface area (Å²) in [7, 11) is 0. The van der Waals surface area contributed by atoms with Crippen molar-refractivity contribution in [3.63, 3.8) is 0 Å². The number of carbonyl (C=O) groups excluding carboxylic acids is 1.